The monoisotopic (exact) mass is 237 g/mol. The van der Waals surface area contributed by atoms with Crippen LogP contribution in [0.1, 0.15) is 30.9 Å². The van der Waals surface area contributed by atoms with Crippen molar-refractivity contribution >= 4 is 11.8 Å². The Bertz CT molecular complexity index is 323. The zero-order valence-electron chi connectivity index (χ0n) is 10.8. The van der Waals surface area contributed by atoms with Crippen LogP contribution >= 0.6 is 11.8 Å². The maximum atomic E-state index is 3.27. The van der Waals surface area contributed by atoms with E-state index in [1.165, 1.54) is 34.6 Å². The van der Waals surface area contributed by atoms with Crippen molar-refractivity contribution in [2.24, 2.45) is 0 Å². The van der Waals surface area contributed by atoms with Crippen molar-refractivity contribution < 1.29 is 0 Å². The molecule has 0 bridgehead atoms. The molecule has 2 heteroatoms. The van der Waals surface area contributed by atoms with E-state index in [9.17, 15) is 0 Å². The van der Waals surface area contributed by atoms with E-state index >= 15 is 0 Å². The third-order valence-electron chi connectivity index (χ3n) is 2.88. The second kappa shape index (κ2) is 6.97. The van der Waals surface area contributed by atoms with Crippen molar-refractivity contribution in [2.45, 2.75) is 44.6 Å². The molecule has 0 saturated carbocycles. The van der Waals surface area contributed by atoms with E-state index in [4.69, 9.17) is 0 Å². The molecule has 1 unspecified atom stereocenters. The topological polar surface area (TPSA) is 12.0 Å². The standard InChI is InChI=1S/C14H23NS/c1-11-7-8-12(2)14(10-11)16-9-5-6-13(3)15-4/h7-8,10,13,15H,5-6,9H2,1-4H3. The minimum Gasteiger partial charge on any atom is -0.317 e. The molecule has 0 amide bonds. The van der Waals surface area contributed by atoms with Crippen molar-refractivity contribution in [3.05, 3.63) is 29.3 Å². The highest BCUT2D eigenvalue weighted by atomic mass is 32.2. The molecule has 1 N–H and O–H groups in total. The fourth-order valence-electron chi connectivity index (χ4n) is 1.58. The first-order valence-electron chi connectivity index (χ1n) is 6.01. The van der Waals surface area contributed by atoms with Crippen LogP contribution in [0.15, 0.2) is 23.1 Å². The lowest BCUT2D eigenvalue weighted by Crippen LogP contribution is -2.20. The molecule has 1 aromatic rings. The van der Waals surface area contributed by atoms with Gasteiger partial charge in [0.2, 0.25) is 0 Å². The van der Waals surface area contributed by atoms with Gasteiger partial charge in [0.25, 0.3) is 0 Å². The van der Waals surface area contributed by atoms with E-state index in [0.29, 0.717) is 6.04 Å². The number of hydrogen-bond acceptors (Lipinski definition) is 2. The van der Waals surface area contributed by atoms with E-state index in [2.05, 4.69) is 44.3 Å². The second-order valence-electron chi connectivity index (χ2n) is 4.45. The highest BCUT2D eigenvalue weighted by Gasteiger charge is 2.01. The van der Waals surface area contributed by atoms with E-state index in [-0.39, 0.29) is 0 Å². The van der Waals surface area contributed by atoms with Gasteiger partial charge in [0, 0.05) is 10.9 Å². The molecule has 0 saturated heterocycles. The summed E-state index contributed by atoms with van der Waals surface area (Å²) in [5, 5.41) is 3.27. The summed E-state index contributed by atoms with van der Waals surface area (Å²) in [5.74, 6) is 1.22. The molecule has 0 aromatic heterocycles. The van der Waals surface area contributed by atoms with Gasteiger partial charge in [-0.2, -0.15) is 0 Å². The molecular formula is C14H23NS. The van der Waals surface area contributed by atoms with E-state index < -0.39 is 0 Å². The van der Waals surface area contributed by atoms with Gasteiger partial charge in [-0.15, -0.1) is 11.8 Å². The Hall–Kier alpha value is -0.470. The summed E-state index contributed by atoms with van der Waals surface area (Å²) in [6, 6.07) is 7.33. The minimum atomic E-state index is 0.638. The van der Waals surface area contributed by atoms with Gasteiger partial charge in [0.05, 0.1) is 0 Å². The van der Waals surface area contributed by atoms with Gasteiger partial charge < -0.3 is 5.32 Å². The lowest BCUT2D eigenvalue weighted by atomic mass is 10.2. The SMILES string of the molecule is CNC(C)CCCSc1cc(C)ccc1C. The number of thioether (sulfide) groups is 1. The highest BCUT2D eigenvalue weighted by molar-refractivity contribution is 7.99. The molecule has 0 radical (unpaired) electrons. The van der Waals surface area contributed by atoms with Gasteiger partial charge in [-0.3, -0.25) is 0 Å². The average Bonchev–Trinajstić information content (AvgIpc) is 2.28. The largest absolute Gasteiger partial charge is 0.317 e. The lowest BCUT2D eigenvalue weighted by molar-refractivity contribution is 0.559. The quantitative estimate of drug-likeness (QED) is 0.597. The smallest absolute Gasteiger partial charge is 0.0104 e. The van der Waals surface area contributed by atoms with Gasteiger partial charge >= 0.3 is 0 Å². The first-order valence-corrected chi connectivity index (χ1v) is 6.99. The zero-order chi connectivity index (χ0) is 12.0. The lowest BCUT2D eigenvalue weighted by Gasteiger charge is -2.10. The van der Waals surface area contributed by atoms with Gasteiger partial charge in [-0.25, -0.2) is 0 Å². The molecule has 0 fully saturated rings. The molecule has 0 aliphatic rings. The van der Waals surface area contributed by atoms with Crippen LogP contribution in [0.2, 0.25) is 0 Å². The summed E-state index contributed by atoms with van der Waals surface area (Å²) in [6.07, 6.45) is 2.54. The number of rotatable bonds is 6. The molecule has 0 heterocycles. The van der Waals surface area contributed by atoms with Crippen LogP contribution in [0.25, 0.3) is 0 Å². The summed E-state index contributed by atoms with van der Waals surface area (Å²) < 4.78 is 0. The van der Waals surface area contributed by atoms with Gasteiger partial charge in [0.15, 0.2) is 0 Å². The van der Waals surface area contributed by atoms with Gasteiger partial charge in [0.1, 0.15) is 0 Å². The summed E-state index contributed by atoms with van der Waals surface area (Å²) in [6.45, 7) is 6.59. The van der Waals surface area contributed by atoms with Crippen LogP contribution in [0.5, 0.6) is 0 Å². The molecule has 1 aromatic carbocycles. The van der Waals surface area contributed by atoms with Gasteiger partial charge in [-0.05, 0) is 58.0 Å². The van der Waals surface area contributed by atoms with Crippen molar-refractivity contribution in [1.29, 1.82) is 0 Å². The molecule has 0 aliphatic carbocycles. The molecular weight excluding hydrogens is 214 g/mol. The first kappa shape index (κ1) is 13.6. The molecule has 0 spiro atoms. The Labute approximate surface area is 104 Å². The summed E-state index contributed by atoms with van der Waals surface area (Å²) >= 11 is 1.99. The number of nitrogens with one attached hydrogen (secondary N) is 1. The Kier molecular flexibility index (Phi) is 5.93. The molecule has 90 valence electrons. The Morgan fingerprint density at radius 3 is 2.75 bits per heavy atom. The Balaban J connectivity index is 2.34. The number of aryl methyl sites for hydroxylation is 2. The summed E-state index contributed by atoms with van der Waals surface area (Å²) in [4.78, 5) is 1.44. The predicted molar refractivity (Wildman–Crippen MR) is 74.4 cm³/mol. The van der Waals surface area contributed by atoms with Crippen LogP contribution in [-0.2, 0) is 0 Å². The number of benzene rings is 1. The maximum absolute atomic E-state index is 3.27. The molecule has 1 nitrogen and oxygen atoms in total. The third kappa shape index (κ3) is 4.58. The Morgan fingerprint density at radius 1 is 1.31 bits per heavy atom. The fourth-order valence-corrected chi connectivity index (χ4v) is 2.67. The van der Waals surface area contributed by atoms with Crippen LogP contribution in [0, 0.1) is 13.8 Å². The van der Waals surface area contributed by atoms with Crippen molar-refractivity contribution in [1.82, 2.24) is 5.32 Å². The third-order valence-corrected chi connectivity index (χ3v) is 4.12. The van der Waals surface area contributed by atoms with E-state index in [0.717, 1.165) is 0 Å². The van der Waals surface area contributed by atoms with Crippen LogP contribution in [0.3, 0.4) is 0 Å². The first-order chi connectivity index (χ1) is 7.63. The van der Waals surface area contributed by atoms with Gasteiger partial charge in [-0.1, -0.05) is 17.7 Å². The Morgan fingerprint density at radius 2 is 2.06 bits per heavy atom. The maximum Gasteiger partial charge on any atom is 0.0104 e. The molecule has 1 rings (SSSR count). The number of hydrogen-bond donors (Lipinski definition) is 1. The predicted octanol–water partition coefficient (Wildman–Crippen LogP) is 3.78. The average molecular weight is 237 g/mol. The second-order valence-corrected chi connectivity index (χ2v) is 5.59. The highest BCUT2D eigenvalue weighted by Crippen LogP contribution is 2.24. The summed E-state index contributed by atoms with van der Waals surface area (Å²) in [7, 11) is 2.03. The molecule has 0 aliphatic heterocycles. The van der Waals surface area contributed by atoms with E-state index in [1.54, 1.807) is 0 Å². The van der Waals surface area contributed by atoms with Crippen LogP contribution in [0.4, 0.5) is 0 Å². The minimum absolute atomic E-state index is 0.638. The summed E-state index contributed by atoms with van der Waals surface area (Å²) in [5.41, 5.74) is 2.76. The zero-order valence-corrected chi connectivity index (χ0v) is 11.7. The van der Waals surface area contributed by atoms with Crippen molar-refractivity contribution in [3.63, 3.8) is 0 Å². The molecule has 16 heavy (non-hydrogen) atoms. The van der Waals surface area contributed by atoms with Crippen LogP contribution in [-0.4, -0.2) is 18.8 Å². The van der Waals surface area contributed by atoms with Crippen molar-refractivity contribution in [2.75, 3.05) is 12.8 Å². The fraction of sp³-hybridized carbons (Fsp3) is 0.571. The van der Waals surface area contributed by atoms with E-state index in [1.807, 2.05) is 18.8 Å². The molecule has 1 atom stereocenters. The normalized spacial score (nSPS) is 12.8. The van der Waals surface area contributed by atoms with Crippen molar-refractivity contribution in [3.8, 4) is 0 Å². The van der Waals surface area contributed by atoms with Crippen LogP contribution < -0.4 is 5.32 Å².